The predicted octanol–water partition coefficient (Wildman–Crippen LogP) is 1.91. The lowest BCUT2D eigenvalue weighted by atomic mass is 10.1. The van der Waals surface area contributed by atoms with Gasteiger partial charge in [-0.2, -0.15) is 4.31 Å². The summed E-state index contributed by atoms with van der Waals surface area (Å²) < 4.78 is 27.2. The van der Waals surface area contributed by atoms with Crippen molar-refractivity contribution in [2.75, 3.05) is 31.1 Å². The van der Waals surface area contributed by atoms with Crippen molar-refractivity contribution in [2.24, 2.45) is 0 Å². The number of carboxylic acids is 1. The molecule has 1 fully saturated rings. The van der Waals surface area contributed by atoms with Crippen molar-refractivity contribution in [3.8, 4) is 0 Å². The summed E-state index contributed by atoms with van der Waals surface area (Å²) in [5.41, 5.74) is 1.98. The van der Waals surface area contributed by atoms with Crippen LogP contribution in [-0.2, 0) is 10.0 Å². The Hall–Kier alpha value is -2.45. The Labute approximate surface area is 152 Å². The first-order valence-corrected chi connectivity index (χ1v) is 9.76. The van der Waals surface area contributed by atoms with Gasteiger partial charge in [-0.25, -0.2) is 18.2 Å². The number of benzene rings is 1. The third kappa shape index (κ3) is 3.56. The van der Waals surface area contributed by atoms with E-state index in [0.29, 0.717) is 36.9 Å². The van der Waals surface area contributed by atoms with E-state index in [0.717, 1.165) is 11.1 Å². The van der Waals surface area contributed by atoms with Gasteiger partial charge in [-0.05, 0) is 49.2 Å². The van der Waals surface area contributed by atoms with Crippen molar-refractivity contribution in [3.63, 3.8) is 0 Å². The van der Waals surface area contributed by atoms with E-state index in [1.165, 1.54) is 10.4 Å². The maximum absolute atomic E-state index is 12.9. The summed E-state index contributed by atoms with van der Waals surface area (Å²) in [6.45, 7) is 5.42. The van der Waals surface area contributed by atoms with Gasteiger partial charge in [-0.15, -0.1) is 0 Å². The molecule has 0 aliphatic carbocycles. The first kappa shape index (κ1) is 18.3. The number of sulfonamides is 1. The van der Waals surface area contributed by atoms with Gasteiger partial charge in [0.1, 0.15) is 5.82 Å². The monoisotopic (exact) mass is 375 g/mol. The smallest absolute Gasteiger partial charge is 0.354 e. The number of carbonyl (C=O) groups is 1. The number of aryl methyl sites for hydroxylation is 2. The molecule has 0 saturated carbocycles. The molecule has 1 saturated heterocycles. The maximum atomic E-state index is 12.9. The molecule has 0 radical (unpaired) electrons. The van der Waals surface area contributed by atoms with Gasteiger partial charge in [-0.3, -0.25) is 0 Å². The molecule has 3 rings (SSSR count). The lowest BCUT2D eigenvalue weighted by Crippen LogP contribution is -2.49. The Morgan fingerprint density at radius 1 is 1.04 bits per heavy atom. The Balaban J connectivity index is 1.74. The zero-order valence-corrected chi connectivity index (χ0v) is 15.5. The SMILES string of the molecule is Cc1ccc(S(=O)(=O)N2CCN(c3cccc(C(=O)O)n3)CC2)cc1C. The molecule has 1 N–H and O–H groups in total. The van der Waals surface area contributed by atoms with Crippen LogP contribution in [-0.4, -0.2) is 55.0 Å². The summed E-state index contributed by atoms with van der Waals surface area (Å²) in [5.74, 6) is -0.532. The molecule has 138 valence electrons. The van der Waals surface area contributed by atoms with Gasteiger partial charge in [0.2, 0.25) is 10.0 Å². The number of rotatable bonds is 4. The average Bonchev–Trinajstić information content (AvgIpc) is 2.64. The minimum absolute atomic E-state index is 0.0207. The molecule has 1 aromatic heterocycles. The van der Waals surface area contributed by atoms with Crippen LogP contribution in [0, 0.1) is 13.8 Å². The fourth-order valence-electron chi connectivity index (χ4n) is 2.90. The lowest BCUT2D eigenvalue weighted by molar-refractivity contribution is 0.0690. The topological polar surface area (TPSA) is 90.8 Å². The molecule has 0 spiro atoms. The molecule has 8 heteroatoms. The van der Waals surface area contributed by atoms with Crippen LogP contribution in [0.5, 0.6) is 0 Å². The molecule has 0 unspecified atom stereocenters. The number of pyridine rings is 1. The zero-order valence-electron chi connectivity index (χ0n) is 14.7. The molecule has 2 heterocycles. The van der Waals surface area contributed by atoms with Crippen LogP contribution in [0.3, 0.4) is 0 Å². The van der Waals surface area contributed by atoms with Gasteiger partial charge in [0, 0.05) is 26.2 Å². The fraction of sp³-hybridized carbons (Fsp3) is 0.333. The van der Waals surface area contributed by atoms with Gasteiger partial charge in [0.15, 0.2) is 5.69 Å². The number of anilines is 1. The van der Waals surface area contributed by atoms with E-state index in [-0.39, 0.29) is 5.69 Å². The van der Waals surface area contributed by atoms with Crippen LogP contribution in [0.2, 0.25) is 0 Å². The lowest BCUT2D eigenvalue weighted by Gasteiger charge is -2.34. The van der Waals surface area contributed by atoms with E-state index in [4.69, 9.17) is 5.11 Å². The average molecular weight is 375 g/mol. The summed E-state index contributed by atoms with van der Waals surface area (Å²) in [6.07, 6.45) is 0. The second-order valence-corrected chi connectivity index (χ2v) is 8.26. The molecule has 2 aromatic rings. The largest absolute Gasteiger partial charge is 0.477 e. The van der Waals surface area contributed by atoms with Crippen LogP contribution >= 0.6 is 0 Å². The Morgan fingerprint density at radius 2 is 1.73 bits per heavy atom. The predicted molar refractivity (Wildman–Crippen MR) is 98.1 cm³/mol. The molecular formula is C18H21N3O4S. The van der Waals surface area contributed by atoms with Crippen LogP contribution in [0.4, 0.5) is 5.82 Å². The van der Waals surface area contributed by atoms with Crippen molar-refractivity contribution in [1.82, 2.24) is 9.29 Å². The van der Waals surface area contributed by atoms with Gasteiger partial charge in [0.05, 0.1) is 4.90 Å². The molecular weight excluding hydrogens is 354 g/mol. The quantitative estimate of drug-likeness (QED) is 0.878. The van der Waals surface area contributed by atoms with Crippen LogP contribution in [0.1, 0.15) is 21.6 Å². The van der Waals surface area contributed by atoms with Gasteiger partial charge in [-0.1, -0.05) is 12.1 Å². The first-order chi connectivity index (χ1) is 12.3. The Bertz CT molecular complexity index is 935. The second kappa shape index (κ2) is 7.05. The summed E-state index contributed by atoms with van der Waals surface area (Å²) >= 11 is 0. The third-order valence-electron chi connectivity index (χ3n) is 4.63. The number of carboxylic acid groups (broad SMARTS) is 1. The Morgan fingerprint density at radius 3 is 2.35 bits per heavy atom. The molecule has 1 aromatic carbocycles. The summed E-state index contributed by atoms with van der Waals surface area (Å²) in [6, 6.07) is 9.98. The number of hydrogen-bond donors (Lipinski definition) is 1. The number of nitrogens with zero attached hydrogens (tertiary/aromatic N) is 3. The molecule has 26 heavy (non-hydrogen) atoms. The molecule has 0 atom stereocenters. The van der Waals surface area contributed by atoms with E-state index in [1.807, 2.05) is 24.8 Å². The van der Waals surface area contributed by atoms with Crippen LogP contribution in [0.15, 0.2) is 41.3 Å². The van der Waals surface area contributed by atoms with Crippen molar-refractivity contribution in [2.45, 2.75) is 18.7 Å². The van der Waals surface area contributed by atoms with E-state index in [1.54, 1.807) is 24.3 Å². The number of aromatic carboxylic acids is 1. The normalized spacial score (nSPS) is 15.8. The van der Waals surface area contributed by atoms with Gasteiger partial charge >= 0.3 is 5.97 Å². The maximum Gasteiger partial charge on any atom is 0.354 e. The minimum Gasteiger partial charge on any atom is -0.477 e. The minimum atomic E-state index is -3.54. The van der Waals surface area contributed by atoms with Crippen molar-refractivity contribution in [1.29, 1.82) is 0 Å². The number of aromatic nitrogens is 1. The van der Waals surface area contributed by atoms with Gasteiger partial charge in [0.25, 0.3) is 0 Å². The number of piperazine rings is 1. The van der Waals surface area contributed by atoms with Crippen molar-refractivity contribution in [3.05, 3.63) is 53.2 Å². The van der Waals surface area contributed by atoms with E-state index in [2.05, 4.69) is 4.98 Å². The highest BCUT2D eigenvalue weighted by Gasteiger charge is 2.29. The summed E-state index contributed by atoms with van der Waals surface area (Å²) in [7, 11) is -3.54. The Kier molecular flexibility index (Phi) is 4.97. The third-order valence-corrected chi connectivity index (χ3v) is 6.53. The summed E-state index contributed by atoms with van der Waals surface area (Å²) in [5, 5.41) is 9.06. The highest BCUT2D eigenvalue weighted by molar-refractivity contribution is 7.89. The zero-order chi connectivity index (χ0) is 18.9. The second-order valence-electron chi connectivity index (χ2n) is 6.32. The van der Waals surface area contributed by atoms with Crippen LogP contribution in [0.25, 0.3) is 0 Å². The molecule has 1 aliphatic heterocycles. The van der Waals surface area contributed by atoms with E-state index < -0.39 is 16.0 Å². The van der Waals surface area contributed by atoms with Crippen LogP contribution < -0.4 is 4.90 Å². The first-order valence-electron chi connectivity index (χ1n) is 8.32. The highest BCUT2D eigenvalue weighted by atomic mass is 32.2. The molecule has 1 aliphatic rings. The van der Waals surface area contributed by atoms with Crippen molar-refractivity contribution < 1.29 is 18.3 Å². The van der Waals surface area contributed by atoms with Crippen molar-refractivity contribution >= 4 is 21.8 Å². The highest BCUT2D eigenvalue weighted by Crippen LogP contribution is 2.22. The van der Waals surface area contributed by atoms with Gasteiger partial charge < -0.3 is 10.0 Å². The fourth-order valence-corrected chi connectivity index (χ4v) is 4.41. The molecule has 7 nitrogen and oxygen atoms in total. The number of hydrogen-bond acceptors (Lipinski definition) is 5. The molecule has 0 amide bonds. The standard InChI is InChI=1S/C18H21N3O4S/c1-13-6-7-15(12-14(13)2)26(24,25)21-10-8-20(9-11-21)17-5-3-4-16(19-17)18(22)23/h3-7,12H,8-11H2,1-2H3,(H,22,23). The van der Waals surface area contributed by atoms with E-state index in [9.17, 15) is 13.2 Å². The molecule has 0 bridgehead atoms. The summed E-state index contributed by atoms with van der Waals surface area (Å²) in [4.78, 5) is 17.4. The van der Waals surface area contributed by atoms with E-state index >= 15 is 0 Å².